The molecule has 0 unspecified atom stereocenters. The van der Waals surface area contributed by atoms with Crippen molar-refractivity contribution in [2.24, 2.45) is 7.05 Å². The SMILES string of the molecule is CCNCc1ccc(NC(=O)c2cnn(C)c2C)cc1. The van der Waals surface area contributed by atoms with Crippen LogP contribution < -0.4 is 10.6 Å². The quantitative estimate of drug-likeness (QED) is 0.876. The highest BCUT2D eigenvalue weighted by Crippen LogP contribution is 2.13. The zero-order chi connectivity index (χ0) is 14.5. The molecule has 2 aromatic rings. The van der Waals surface area contributed by atoms with Crippen LogP contribution in [0.25, 0.3) is 0 Å². The number of nitrogens with zero attached hydrogens (tertiary/aromatic N) is 2. The molecule has 1 heterocycles. The van der Waals surface area contributed by atoms with E-state index in [1.165, 1.54) is 5.56 Å². The average Bonchev–Trinajstić information content (AvgIpc) is 2.78. The summed E-state index contributed by atoms with van der Waals surface area (Å²) in [6.07, 6.45) is 1.59. The number of hydrogen-bond acceptors (Lipinski definition) is 3. The molecular weight excluding hydrogens is 252 g/mol. The third kappa shape index (κ3) is 3.24. The Balaban J connectivity index is 2.03. The smallest absolute Gasteiger partial charge is 0.259 e. The molecule has 5 heteroatoms. The minimum absolute atomic E-state index is 0.130. The van der Waals surface area contributed by atoms with Gasteiger partial charge in [0.15, 0.2) is 0 Å². The van der Waals surface area contributed by atoms with Gasteiger partial charge in [-0.05, 0) is 31.2 Å². The van der Waals surface area contributed by atoms with Crippen LogP contribution in [0.3, 0.4) is 0 Å². The molecule has 1 aromatic heterocycles. The van der Waals surface area contributed by atoms with Crippen molar-refractivity contribution < 1.29 is 4.79 Å². The second-order valence-corrected chi connectivity index (χ2v) is 4.70. The Hall–Kier alpha value is -2.14. The molecule has 0 saturated carbocycles. The highest BCUT2D eigenvalue weighted by Gasteiger charge is 2.12. The van der Waals surface area contributed by atoms with Crippen LogP contribution in [0.4, 0.5) is 5.69 Å². The Bertz CT molecular complexity index is 586. The van der Waals surface area contributed by atoms with Crippen molar-refractivity contribution in [3.05, 3.63) is 47.3 Å². The monoisotopic (exact) mass is 272 g/mol. The molecule has 2 N–H and O–H groups in total. The molecule has 5 nitrogen and oxygen atoms in total. The molecular formula is C15H20N4O. The Morgan fingerprint density at radius 1 is 1.30 bits per heavy atom. The molecule has 1 amide bonds. The summed E-state index contributed by atoms with van der Waals surface area (Å²) in [4.78, 5) is 12.1. The standard InChI is InChI=1S/C15H20N4O/c1-4-16-9-12-5-7-13(8-6-12)18-15(20)14-10-17-19(3)11(14)2/h5-8,10,16H,4,9H2,1-3H3,(H,18,20). The Labute approximate surface area is 119 Å². The Kier molecular flexibility index (Phi) is 4.53. The van der Waals surface area contributed by atoms with E-state index in [4.69, 9.17) is 0 Å². The third-order valence-corrected chi connectivity index (χ3v) is 3.27. The van der Waals surface area contributed by atoms with Gasteiger partial charge in [0.1, 0.15) is 0 Å². The van der Waals surface area contributed by atoms with Gasteiger partial charge >= 0.3 is 0 Å². The van der Waals surface area contributed by atoms with Gasteiger partial charge in [0.05, 0.1) is 11.8 Å². The fraction of sp³-hybridized carbons (Fsp3) is 0.333. The summed E-state index contributed by atoms with van der Waals surface area (Å²) in [6, 6.07) is 7.84. The summed E-state index contributed by atoms with van der Waals surface area (Å²) in [6.45, 7) is 5.73. The second-order valence-electron chi connectivity index (χ2n) is 4.70. The Morgan fingerprint density at radius 2 is 2.00 bits per heavy atom. The minimum atomic E-state index is -0.130. The third-order valence-electron chi connectivity index (χ3n) is 3.27. The Morgan fingerprint density at radius 3 is 2.55 bits per heavy atom. The van der Waals surface area contributed by atoms with Gasteiger partial charge in [0.2, 0.25) is 0 Å². The molecule has 106 valence electrons. The first-order valence-electron chi connectivity index (χ1n) is 6.71. The van der Waals surface area contributed by atoms with Crippen LogP contribution in [0.5, 0.6) is 0 Å². The van der Waals surface area contributed by atoms with E-state index in [1.54, 1.807) is 10.9 Å². The van der Waals surface area contributed by atoms with Crippen molar-refractivity contribution in [1.29, 1.82) is 0 Å². The lowest BCUT2D eigenvalue weighted by molar-refractivity contribution is 0.102. The van der Waals surface area contributed by atoms with E-state index in [1.807, 2.05) is 38.2 Å². The zero-order valence-electron chi connectivity index (χ0n) is 12.1. The van der Waals surface area contributed by atoms with Crippen molar-refractivity contribution in [2.45, 2.75) is 20.4 Å². The van der Waals surface area contributed by atoms with E-state index >= 15 is 0 Å². The van der Waals surface area contributed by atoms with Crippen molar-refractivity contribution in [3.63, 3.8) is 0 Å². The van der Waals surface area contributed by atoms with Crippen LogP contribution >= 0.6 is 0 Å². The molecule has 0 aliphatic rings. The van der Waals surface area contributed by atoms with E-state index in [2.05, 4.69) is 22.7 Å². The number of nitrogens with one attached hydrogen (secondary N) is 2. The summed E-state index contributed by atoms with van der Waals surface area (Å²) in [5, 5.41) is 10.2. The topological polar surface area (TPSA) is 58.9 Å². The van der Waals surface area contributed by atoms with E-state index < -0.39 is 0 Å². The summed E-state index contributed by atoms with van der Waals surface area (Å²) in [7, 11) is 1.82. The summed E-state index contributed by atoms with van der Waals surface area (Å²) in [5.41, 5.74) is 3.44. The fourth-order valence-electron chi connectivity index (χ4n) is 1.90. The minimum Gasteiger partial charge on any atom is -0.322 e. The van der Waals surface area contributed by atoms with Crippen molar-refractivity contribution in [1.82, 2.24) is 15.1 Å². The van der Waals surface area contributed by atoms with Crippen LogP contribution in [-0.4, -0.2) is 22.2 Å². The number of aryl methyl sites for hydroxylation is 1. The number of aromatic nitrogens is 2. The highest BCUT2D eigenvalue weighted by molar-refractivity contribution is 6.04. The molecule has 0 bridgehead atoms. The van der Waals surface area contributed by atoms with Crippen LogP contribution in [0, 0.1) is 6.92 Å². The lowest BCUT2D eigenvalue weighted by Crippen LogP contribution is -2.14. The molecule has 0 fully saturated rings. The molecule has 0 aliphatic heterocycles. The molecule has 0 saturated heterocycles. The van der Waals surface area contributed by atoms with Gasteiger partial charge in [0.25, 0.3) is 5.91 Å². The largest absolute Gasteiger partial charge is 0.322 e. The molecule has 1 aromatic carbocycles. The lowest BCUT2D eigenvalue weighted by atomic mass is 10.2. The summed E-state index contributed by atoms with van der Waals surface area (Å²) >= 11 is 0. The van der Waals surface area contributed by atoms with Gasteiger partial charge in [0, 0.05) is 25.0 Å². The van der Waals surface area contributed by atoms with Crippen molar-refractivity contribution >= 4 is 11.6 Å². The van der Waals surface area contributed by atoms with E-state index in [0.717, 1.165) is 24.5 Å². The first-order valence-corrected chi connectivity index (χ1v) is 6.71. The molecule has 20 heavy (non-hydrogen) atoms. The first-order chi connectivity index (χ1) is 9.61. The van der Waals surface area contributed by atoms with E-state index in [9.17, 15) is 4.79 Å². The fourth-order valence-corrected chi connectivity index (χ4v) is 1.90. The average molecular weight is 272 g/mol. The first kappa shape index (κ1) is 14.3. The highest BCUT2D eigenvalue weighted by atomic mass is 16.1. The second kappa shape index (κ2) is 6.34. The zero-order valence-corrected chi connectivity index (χ0v) is 12.1. The molecule has 2 rings (SSSR count). The van der Waals surface area contributed by atoms with E-state index in [0.29, 0.717) is 5.56 Å². The molecule has 0 aliphatic carbocycles. The van der Waals surface area contributed by atoms with Gasteiger partial charge in [-0.3, -0.25) is 9.48 Å². The normalized spacial score (nSPS) is 10.6. The molecule has 0 radical (unpaired) electrons. The van der Waals surface area contributed by atoms with Gasteiger partial charge in [-0.2, -0.15) is 5.10 Å². The predicted octanol–water partition coefficient (Wildman–Crippen LogP) is 2.09. The van der Waals surface area contributed by atoms with Crippen molar-refractivity contribution in [3.8, 4) is 0 Å². The number of benzene rings is 1. The molecule has 0 spiro atoms. The maximum absolute atomic E-state index is 12.1. The number of carbonyl (C=O) groups excluding carboxylic acids is 1. The summed E-state index contributed by atoms with van der Waals surface area (Å²) in [5.74, 6) is -0.130. The van der Waals surface area contributed by atoms with Crippen LogP contribution in [0.1, 0.15) is 28.5 Å². The lowest BCUT2D eigenvalue weighted by Gasteiger charge is -2.07. The van der Waals surface area contributed by atoms with Crippen molar-refractivity contribution in [2.75, 3.05) is 11.9 Å². The number of rotatable bonds is 5. The van der Waals surface area contributed by atoms with Gasteiger partial charge < -0.3 is 10.6 Å². The van der Waals surface area contributed by atoms with E-state index in [-0.39, 0.29) is 5.91 Å². The van der Waals surface area contributed by atoms with Gasteiger partial charge in [-0.1, -0.05) is 19.1 Å². The maximum Gasteiger partial charge on any atom is 0.259 e. The van der Waals surface area contributed by atoms with Crippen LogP contribution in [-0.2, 0) is 13.6 Å². The predicted molar refractivity (Wildman–Crippen MR) is 79.7 cm³/mol. The number of carbonyl (C=O) groups is 1. The summed E-state index contributed by atoms with van der Waals surface area (Å²) < 4.78 is 1.69. The van der Waals surface area contributed by atoms with Crippen LogP contribution in [0.2, 0.25) is 0 Å². The number of amides is 1. The number of hydrogen-bond donors (Lipinski definition) is 2. The molecule has 0 atom stereocenters. The van der Waals surface area contributed by atoms with Crippen LogP contribution in [0.15, 0.2) is 30.5 Å². The van der Waals surface area contributed by atoms with Gasteiger partial charge in [-0.25, -0.2) is 0 Å². The maximum atomic E-state index is 12.1. The number of anilines is 1. The van der Waals surface area contributed by atoms with Gasteiger partial charge in [-0.15, -0.1) is 0 Å².